The van der Waals surface area contributed by atoms with Crippen molar-refractivity contribution < 1.29 is 13.5 Å². The van der Waals surface area contributed by atoms with Crippen molar-refractivity contribution in [3.05, 3.63) is 45.7 Å². The van der Waals surface area contributed by atoms with Crippen LogP contribution in [0, 0.1) is 11.6 Å². The third-order valence-electron chi connectivity index (χ3n) is 3.06. The minimum atomic E-state index is -0.703. The summed E-state index contributed by atoms with van der Waals surface area (Å²) in [6.07, 6.45) is 1.51. The van der Waals surface area contributed by atoms with Crippen molar-refractivity contribution in [2.45, 2.75) is 6.04 Å². The molecule has 0 amide bonds. The van der Waals surface area contributed by atoms with E-state index < -0.39 is 17.7 Å². The molecule has 2 rings (SSSR count). The highest BCUT2D eigenvalue weighted by Crippen LogP contribution is 2.33. The van der Waals surface area contributed by atoms with E-state index in [4.69, 9.17) is 4.74 Å². The monoisotopic (exact) mass is 345 g/mol. The average Bonchev–Trinajstić information content (AvgIpc) is 2.74. The van der Waals surface area contributed by atoms with E-state index in [1.54, 1.807) is 14.1 Å². The smallest absolute Gasteiger partial charge is 0.161 e. The number of hydrogen-bond donors (Lipinski definition) is 1. The second-order valence-corrected chi connectivity index (χ2v) is 5.14. The molecule has 1 N–H and O–H groups in total. The Morgan fingerprint density at radius 1 is 1.35 bits per heavy atom. The van der Waals surface area contributed by atoms with Crippen LogP contribution in [0.1, 0.15) is 17.3 Å². The van der Waals surface area contributed by atoms with Gasteiger partial charge in [-0.25, -0.2) is 8.78 Å². The summed E-state index contributed by atoms with van der Waals surface area (Å²) in [5, 5.41) is 6.96. The Kier molecular flexibility index (Phi) is 4.39. The van der Waals surface area contributed by atoms with Gasteiger partial charge in [0.1, 0.15) is 17.3 Å². The number of hydrogen-bond acceptors (Lipinski definition) is 3. The van der Waals surface area contributed by atoms with Crippen LogP contribution in [0.3, 0.4) is 0 Å². The molecule has 0 fully saturated rings. The van der Waals surface area contributed by atoms with Gasteiger partial charge in [0.2, 0.25) is 0 Å². The first-order chi connectivity index (χ1) is 9.49. The van der Waals surface area contributed by atoms with Crippen LogP contribution in [-0.4, -0.2) is 23.9 Å². The number of methoxy groups -OCH3 is 1. The Morgan fingerprint density at radius 2 is 1.95 bits per heavy atom. The summed E-state index contributed by atoms with van der Waals surface area (Å²) in [5.74, 6) is -0.812. The second-order valence-electron chi connectivity index (χ2n) is 4.23. The van der Waals surface area contributed by atoms with Crippen LogP contribution in [0.25, 0.3) is 0 Å². The summed E-state index contributed by atoms with van der Waals surface area (Å²) in [7, 11) is 4.80. The number of nitrogens with one attached hydrogen (secondary N) is 1. The standard InChI is InChI=1S/C13H14BrF2N3O/c1-17-12(13-10(20-3)6-18-19(13)2)11-8(15)4-7(14)5-9(11)16/h4-6,12,17H,1-3H3. The van der Waals surface area contributed by atoms with Crippen molar-refractivity contribution in [2.24, 2.45) is 7.05 Å². The summed E-state index contributed by atoms with van der Waals surface area (Å²) >= 11 is 3.07. The molecule has 1 heterocycles. The van der Waals surface area contributed by atoms with Gasteiger partial charge in [0.05, 0.1) is 19.3 Å². The molecule has 20 heavy (non-hydrogen) atoms. The highest BCUT2D eigenvalue weighted by Gasteiger charge is 2.27. The Morgan fingerprint density at radius 3 is 2.45 bits per heavy atom. The average molecular weight is 346 g/mol. The van der Waals surface area contributed by atoms with E-state index in [0.717, 1.165) is 0 Å². The zero-order valence-electron chi connectivity index (χ0n) is 11.2. The molecular formula is C13H14BrF2N3O. The Balaban J connectivity index is 2.61. The van der Waals surface area contributed by atoms with E-state index in [2.05, 4.69) is 26.3 Å². The number of nitrogens with zero attached hydrogens (tertiary/aromatic N) is 2. The lowest BCUT2D eigenvalue weighted by Crippen LogP contribution is -2.23. The number of aromatic nitrogens is 2. The first kappa shape index (κ1) is 14.9. The van der Waals surface area contributed by atoms with Crippen LogP contribution >= 0.6 is 15.9 Å². The van der Waals surface area contributed by atoms with Gasteiger partial charge in [0, 0.05) is 17.1 Å². The normalized spacial score (nSPS) is 12.5. The lowest BCUT2D eigenvalue weighted by Gasteiger charge is -2.20. The van der Waals surface area contributed by atoms with Gasteiger partial charge in [0.25, 0.3) is 0 Å². The fourth-order valence-corrected chi connectivity index (χ4v) is 2.56. The van der Waals surface area contributed by atoms with Gasteiger partial charge in [-0.1, -0.05) is 15.9 Å². The minimum Gasteiger partial charge on any atom is -0.493 e. The van der Waals surface area contributed by atoms with Gasteiger partial charge >= 0.3 is 0 Å². The van der Waals surface area contributed by atoms with Crippen LogP contribution in [0.2, 0.25) is 0 Å². The predicted molar refractivity (Wildman–Crippen MR) is 74.7 cm³/mol. The number of ether oxygens (including phenoxy) is 1. The van der Waals surface area contributed by atoms with E-state index >= 15 is 0 Å². The molecule has 1 unspecified atom stereocenters. The lowest BCUT2D eigenvalue weighted by atomic mass is 10.0. The van der Waals surface area contributed by atoms with Gasteiger partial charge < -0.3 is 10.1 Å². The highest BCUT2D eigenvalue weighted by molar-refractivity contribution is 9.10. The summed E-state index contributed by atoms with van der Waals surface area (Å²) in [6.45, 7) is 0. The molecule has 0 bridgehead atoms. The summed E-state index contributed by atoms with van der Waals surface area (Å²) in [6, 6.07) is 1.75. The maximum Gasteiger partial charge on any atom is 0.161 e. The maximum absolute atomic E-state index is 14.1. The molecule has 0 aliphatic heterocycles. The topological polar surface area (TPSA) is 39.1 Å². The third kappa shape index (κ3) is 2.55. The molecule has 0 radical (unpaired) electrons. The molecule has 4 nitrogen and oxygen atoms in total. The fraction of sp³-hybridized carbons (Fsp3) is 0.308. The Hall–Kier alpha value is -1.47. The van der Waals surface area contributed by atoms with Gasteiger partial charge in [0.15, 0.2) is 5.75 Å². The van der Waals surface area contributed by atoms with Crippen molar-refractivity contribution in [2.75, 3.05) is 14.2 Å². The highest BCUT2D eigenvalue weighted by atomic mass is 79.9. The van der Waals surface area contributed by atoms with Gasteiger partial charge in [-0.15, -0.1) is 0 Å². The molecule has 7 heteroatoms. The summed E-state index contributed by atoms with van der Waals surface area (Å²) < 4.78 is 35.3. The minimum absolute atomic E-state index is 0.0717. The Labute approximate surface area is 123 Å². The van der Waals surface area contributed by atoms with Crippen LogP contribution in [-0.2, 0) is 7.05 Å². The molecule has 0 saturated heterocycles. The molecule has 0 aliphatic rings. The van der Waals surface area contributed by atoms with E-state index in [-0.39, 0.29) is 5.56 Å². The third-order valence-corrected chi connectivity index (χ3v) is 3.52. The van der Waals surface area contributed by atoms with Gasteiger partial charge in [-0.05, 0) is 19.2 Å². The van der Waals surface area contributed by atoms with Crippen molar-refractivity contribution in [1.82, 2.24) is 15.1 Å². The predicted octanol–water partition coefficient (Wildman–Crippen LogP) is 2.78. The first-order valence-electron chi connectivity index (χ1n) is 5.87. The van der Waals surface area contributed by atoms with Gasteiger partial charge in [-0.2, -0.15) is 5.10 Å². The van der Waals surface area contributed by atoms with Crippen LogP contribution < -0.4 is 10.1 Å². The number of aryl methyl sites for hydroxylation is 1. The molecule has 0 spiro atoms. The number of rotatable bonds is 4. The van der Waals surface area contributed by atoms with Crippen LogP contribution in [0.4, 0.5) is 8.78 Å². The maximum atomic E-state index is 14.1. The van der Waals surface area contributed by atoms with Crippen LogP contribution in [0.15, 0.2) is 22.8 Å². The first-order valence-corrected chi connectivity index (χ1v) is 6.66. The molecule has 2 aromatic rings. The van der Waals surface area contributed by atoms with E-state index in [1.807, 2.05) is 0 Å². The molecule has 1 atom stereocenters. The molecule has 1 aromatic heterocycles. The van der Waals surface area contributed by atoms with E-state index in [9.17, 15) is 8.78 Å². The van der Waals surface area contributed by atoms with Crippen molar-refractivity contribution in [1.29, 1.82) is 0 Å². The molecule has 108 valence electrons. The zero-order valence-corrected chi connectivity index (χ0v) is 12.8. The molecule has 0 saturated carbocycles. The number of benzene rings is 1. The molecule has 0 aliphatic carbocycles. The summed E-state index contributed by atoms with van der Waals surface area (Å²) in [5.41, 5.74) is 0.479. The second kappa shape index (κ2) is 5.88. The summed E-state index contributed by atoms with van der Waals surface area (Å²) in [4.78, 5) is 0. The van der Waals surface area contributed by atoms with E-state index in [1.165, 1.54) is 30.1 Å². The molecular weight excluding hydrogens is 332 g/mol. The van der Waals surface area contributed by atoms with Crippen LogP contribution in [0.5, 0.6) is 5.75 Å². The van der Waals surface area contributed by atoms with Gasteiger partial charge in [-0.3, -0.25) is 4.68 Å². The quantitative estimate of drug-likeness (QED) is 0.925. The van der Waals surface area contributed by atoms with Crippen molar-refractivity contribution in [3.63, 3.8) is 0 Å². The Bertz CT molecular complexity index is 607. The zero-order chi connectivity index (χ0) is 14.9. The SMILES string of the molecule is CNC(c1c(F)cc(Br)cc1F)c1c(OC)cnn1C. The van der Waals surface area contributed by atoms with Crippen molar-refractivity contribution in [3.8, 4) is 5.75 Å². The van der Waals surface area contributed by atoms with Crippen molar-refractivity contribution >= 4 is 15.9 Å². The van der Waals surface area contributed by atoms with E-state index in [0.29, 0.717) is 15.9 Å². The lowest BCUT2D eigenvalue weighted by molar-refractivity contribution is 0.399. The fourth-order valence-electron chi connectivity index (χ4n) is 2.16. The molecule has 1 aromatic carbocycles. The number of halogens is 3. The largest absolute Gasteiger partial charge is 0.493 e.